The topological polar surface area (TPSA) is 94.2 Å². The quantitative estimate of drug-likeness (QED) is 0.651. The molecular weight excluding hydrogens is 384 g/mol. The first-order chi connectivity index (χ1) is 13.3. The van der Waals surface area contributed by atoms with Crippen molar-refractivity contribution in [2.45, 2.75) is 12.8 Å². The molecule has 1 heterocycles. The number of amides is 1. The molecule has 0 spiro atoms. The van der Waals surface area contributed by atoms with E-state index in [1.165, 1.54) is 38.0 Å². The largest absolute Gasteiger partial charge is 0.493 e. The Labute approximate surface area is 166 Å². The minimum absolute atomic E-state index is 0.209. The molecule has 0 bridgehead atoms. The summed E-state index contributed by atoms with van der Waals surface area (Å²) in [6.45, 7) is 1.53. The number of nitrogens with one attached hydrogen (secondary N) is 1. The number of carbonyl (C=O) groups excluding carboxylic acids is 1. The van der Waals surface area contributed by atoms with E-state index in [0.29, 0.717) is 36.9 Å². The van der Waals surface area contributed by atoms with Gasteiger partial charge in [0, 0.05) is 25.7 Å². The average Bonchev–Trinajstić information content (AvgIpc) is 2.69. The molecule has 1 aliphatic heterocycles. The van der Waals surface area contributed by atoms with Crippen molar-refractivity contribution in [1.29, 1.82) is 0 Å². The second-order valence-electron chi connectivity index (χ2n) is 6.64. The molecule has 1 aromatic carbocycles. The van der Waals surface area contributed by atoms with Gasteiger partial charge in [0.25, 0.3) is 0 Å². The van der Waals surface area contributed by atoms with Gasteiger partial charge in [-0.3, -0.25) is 4.79 Å². The van der Waals surface area contributed by atoms with E-state index >= 15 is 0 Å². The highest BCUT2D eigenvalue weighted by atomic mass is 32.2. The number of ether oxygens (including phenoxy) is 3. The Morgan fingerprint density at radius 3 is 2.18 bits per heavy atom. The van der Waals surface area contributed by atoms with Crippen LogP contribution in [0.2, 0.25) is 0 Å². The van der Waals surface area contributed by atoms with Crippen LogP contribution < -0.4 is 19.5 Å². The summed E-state index contributed by atoms with van der Waals surface area (Å²) in [4.78, 5) is 12.1. The summed E-state index contributed by atoms with van der Waals surface area (Å²) >= 11 is 0. The van der Waals surface area contributed by atoms with Crippen molar-refractivity contribution in [1.82, 2.24) is 9.62 Å². The Hall–Kier alpha value is -2.26. The summed E-state index contributed by atoms with van der Waals surface area (Å²) in [5.74, 6) is 1.59. The highest BCUT2D eigenvalue weighted by Gasteiger charge is 2.24. The van der Waals surface area contributed by atoms with Crippen LogP contribution in [0, 0.1) is 5.92 Å². The van der Waals surface area contributed by atoms with Gasteiger partial charge in [-0.1, -0.05) is 0 Å². The van der Waals surface area contributed by atoms with E-state index in [-0.39, 0.29) is 11.8 Å². The van der Waals surface area contributed by atoms with Crippen molar-refractivity contribution >= 4 is 22.0 Å². The molecule has 0 radical (unpaired) electrons. The van der Waals surface area contributed by atoms with Crippen molar-refractivity contribution < 1.29 is 27.4 Å². The fourth-order valence-electron chi connectivity index (χ4n) is 3.12. The van der Waals surface area contributed by atoms with Crippen molar-refractivity contribution in [3.8, 4) is 17.2 Å². The molecule has 1 N–H and O–H groups in total. The van der Waals surface area contributed by atoms with Crippen LogP contribution in [0.4, 0.5) is 0 Å². The van der Waals surface area contributed by atoms with Crippen LogP contribution in [-0.4, -0.2) is 65.8 Å². The number of nitrogens with zero attached hydrogens (tertiary/aromatic N) is 1. The molecule has 0 aromatic heterocycles. The van der Waals surface area contributed by atoms with Crippen molar-refractivity contribution in [2.24, 2.45) is 5.92 Å². The van der Waals surface area contributed by atoms with E-state index in [4.69, 9.17) is 14.2 Å². The predicted molar refractivity (Wildman–Crippen MR) is 107 cm³/mol. The Bertz CT molecular complexity index is 789. The summed E-state index contributed by atoms with van der Waals surface area (Å²) in [7, 11) is 1.47. The third kappa shape index (κ3) is 5.87. The molecule has 0 aliphatic carbocycles. The smallest absolute Gasteiger partial charge is 0.244 e. The molecule has 0 unspecified atom stereocenters. The third-order valence-electron chi connectivity index (χ3n) is 4.72. The minimum Gasteiger partial charge on any atom is -0.493 e. The first kappa shape index (κ1) is 22.0. The van der Waals surface area contributed by atoms with Gasteiger partial charge in [0.2, 0.25) is 21.7 Å². The van der Waals surface area contributed by atoms with E-state index in [0.717, 1.165) is 18.4 Å². The molecule has 1 aromatic rings. The number of hydrogen-bond acceptors (Lipinski definition) is 6. The molecule has 28 heavy (non-hydrogen) atoms. The van der Waals surface area contributed by atoms with Gasteiger partial charge >= 0.3 is 0 Å². The van der Waals surface area contributed by atoms with Crippen LogP contribution in [0.15, 0.2) is 18.2 Å². The fourth-order valence-corrected chi connectivity index (χ4v) is 3.99. The number of piperidine rings is 1. The fraction of sp³-hybridized carbons (Fsp3) is 0.526. The van der Waals surface area contributed by atoms with Crippen molar-refractivity contribution in [2.75, 3.05) is 47.2 Å². The summed E-state index contributed by atoms with van der Waals surface area (Å²) < 4.78 is 40.4. The maximum absolute atomic E-state index is 12.1. The van der Waals surface area contributed by atoms with Crippen LogP contribution in [-0.2, 0) is 14.8 Å². The van der Waals surface area contributed by atoms with E-state index in [1.54, 1.807) is 18.2 Å². The zero-order valence-electron chi connectivity index (χ0n) is 16.7. The SMILES string of the molecule is COc1cc(/C=C/C(=O)NCC2CCN(S(C)(=O)=O)CC2)cc(OC)c1OC. The lowest BCUT2D eigenvalue weighted by molar-refractivity contribution is -0.116. The maximum atomic E-state index is 12.1. The third-order valence-corrected chi connectivity index (χ3v) is 6.02. The van der Waals surface area contributed by atoms with Crippen LogP contribution in [0.5, 0.6) is 17.2 Å². The number of rotatable bonds is 8. The lowest BCUT2D eigenvalue weighted by atomic mass is 9.98. The second-order valence-corrected chi connectivity index (χ2v) is 8.63. The van der Waals surface area contributed by atoms with Gasteiger partial charge in [0.05, 0.1) is 27.6 Å². The van der Waals surface area contributed by atoms with E-state index in [1.807, 2.05) is 0 Å². The number of benzene rings is 1. The molecular formula is C19H28N2O6S. The van der Waals surface area contributed by atoms with E-state index < -0.39 is 10.0 Å². The first-order valence-electron chi connectivity index (χ1n) is 8.99. The minimum atomic E-state index is -3.13. The molecule has 0 atom stereocenters. The number of sulfonamides is 1. The number of carbonyl (C=O) groups is 1. The Balaban J connectivity index is 1.91. The maximum Gasteiger partial charge on any atom is 0.244 e. The number of hydrogen-bond donors (Lipinski definition) is 1. The molecule has 156 valence electrons. The lowest BCUT2D eigenvalue weighted by Crippen LogP contribution is -2.40. The molecule has 8 nitrogen and oxygen atoms in total. The van der Waals surface area contributed by atoms with Crippen LogP contribution in [0.3, 0.4) is 0 Å². The first-order valence-corrected chi connectivity index (χ1v) is 10.8. The van der Waals surface area contributed by atoms with Gasteiger partial charge < -0.3 is 19.5 Å². The van der Waals surface area contributed by atoms with Crippen LogP contribution >= 0.6 is 0 Å². The molecule has 1 saturated heterocycles. The van der Waals surface area contributed by atoms with Crippen LogP contribution in [0.25, 0.3) is 6.08 Å². The van der Waals surface area contributed by atoms with E-state index in [9.17, 15) is 13.2 Å². The van der Waals surface area contributed by atoms with E-state index in [2.05, 4.69) is 5.32 Å². The Morgan fingerprint density at radius 1 is 1.14 bits per heavy atom. The molecule has 1 aliphatic rings. The Morgan fingerprint density at radius 2 is 1.71 bits per heavy atom. The zero-order valence-corrected chi connectivity index (χ0v) is 17.5. The number of methoxy groups -OCH3 is 3. The molecule has 1 amide bonds. The van der Waals surface area contributed by atoms with Gasteiger partial charge in [-0.15, -0.1) is 0 Å². The van der Waals surface area contributed by atoms with Crippen molar-refractivity contribution in [3.05, 3.63) is 23.8 Å². The normalized spacial score (nSPS) is 16.1. The highest BCUT2D eigenvalue weighted by molar-refractivity contribution is 7.88. The lowest BCUT2D eigenvalue weighted by Gasteiger charge is -2.30. The molecule has 2 rings (SSSR count). The van der Waals surface area contributed by atoms with Gasteiger partial charge in [-0.05, 0) is 42.5 Å². The van der Waals surface area contributed by atoms with Gasteiger partial charge in [-0.2, -0.15) is 0 Å². The molecule has 1 fully saturated rings. The monoisotopic (exact) mass is 412 g/mol. The summed E-state index contributed by atoms with van der Waals surface area (Å²) in [6, 6.07) is 3.51. The highest BCUT2D eigenvalue weighted by Crippen LogP contribution is 2.38. The molecule has 9 heteroatoms. The van der Waals surface area contributed by atoms with Gasteiger partial charge in [0.15, 0.2) is 11.5 Å². The average molecular weight is 413 g/mol. The summed E-state index contributed by atoms with van der Waals surface area (Å²) in [5, 5.41) is 2.88. The standard InChI is InChI=1S/C19H28N2O6S/c1-25-16-11-15(12-17(26-2)19(16)27-3)5-6-18(22)20-13-14-7-9-21(10-8-14)28(4,23)24/h5-6,11-12,14H,7-10,13H2,1-4H3,(H,20,22)/b6-5+. The summed E-state index contributed by atoms with van der Waals surface area (Å²) in [5.41, 5.74) is 0.742. The zero-order chi connectivity index (χ0) is 20.7. The summed E-state index contributed by atoms with van der Waals surface area (Å²) in [6.07, 6.45) is 5.83. The van der Waals surface area contributed by atoms with Gasteiger partial charge in [-0.25, -0.2) is 12.7 Å². The predicted octanol–water partition coefficient (Wildman–Crippen LogP) is 1.51. The molecule has 0 saturated carbocycles. The van der Waals surface area contributed by atoms with Gasteiger partial charge in [0.1, 0.15) is 0 Å². The Kier molecular flexibility index (Phi) is 7.70. The second kappa shape index (κ2) is 9.79. The van der Waals surface area contributed by atoms with Crippen molar-refractivity contribution in [3.63, 3.8) is 0 Å². The van der Waals surface area contributed by atoms with Crippen LogP contribution in [0.1, 0.15) is 18.4 Å².